The summed E-state index contributed by atoms with van der Waals surface area (Å²) >= 11 is 5.89. The molecular formula is C13H9ClO2. The molecule has 0 aliphatic carbocycles. The fourth-order valence-corrected chi connectivity index (χ4v) is 1.76. The molecule has 0 heterocycles. The summed E-state index contributed by atoms with van der Waals surface area (Å²) in [7, 11) is 0. The quantitative estimate of drug-likeness (QED) is 0.857. The molecule has 1 N–H and O–H groups in total. The van der Waals surface area contributed by atoms with Crippen molar-refractivity contribution < 1.29 is 9.90 Å². The Morgan fingerprint density at radius 2 is 1.69 bits per heavy atom. The van der Waals surface area contributed by atoms with Crippen LogP contribution in [0.2, 0.25) is 5.02 Å². The van der Waals surface area contributed by atoms with Crippen LogP contribution in [0.25, 0.3) is 11.1 Å². The molecule has 0 radical (unpaired) electrons. The number of rotatable bonds is 2. The molecule has 0 spiro atoms. The molecule has 2 aromatic carbocycles. The Morgan fingerprint density at radius 3 is 2.25 bits per heavy atom. The third-order valence-corrected chi connectivity index (χ3v) is 2.62. The third-order valence-electron chi connectivity index (χ3n) is 2.31. The Balaban J connectivity index is 2.46. The van der Waals surface area contributed by atoms with Gasteiger partial charge in [0.1, 0.15) is 0 Å². The Kier molecular flexibility index (Phi) is 2.93. The minimum absolute atomic E-state index is 0.126. The molecule has 2 rings (SSSR count). The average molecular weight is 233 g/mol. The average Bonchev–Trinajstić information content (AvgIpc) is 2.29. The van der Waals surface area contributed by atoms with Gasteiger partial charge in [0.05, 0.1) is 10.6 Å². The summed E-state index contributed by atoms with van der Waals surface area (Å²) in [6.07, 6.45) is 0. The molecule has 0 fully saturated rings. The fraction of sp³-hybridized carbons (Fsp3) is 0. The molecule has 0 amide bonds. The van der Waals surface area contributed by atoms with Gasteiger partial charge in [0, 0.05) is 0 Å². The Morgan fingerprint density at radius 1 is 1.00 bits per heavy atom. The lowest BCUT2D eigenvalue weighted by molar-refractivity contribution is 0.0697. The minimum Gasteiger partial charge on any atom is -0.478 e. The number of carbonyl (C=O) groups is 1. The van der Waals surface area contributed by atoms with E-state index in [2.05, 4.69) is 0 Å². The number of hydrogen-bond acceptors (Lipinski definition) is 1. The summed E-state index contributed by atoms with van der Waals surface area (Å²) in [6.45, 7) is 0. The van der Waals surface area contributed by atoms with E-state index in [0.29, 0.717) is 0 Å². The molecule has 3 heteroatoms. The van der Waals surface area contributed by atoms with Gasteiger partial charge in [0.2, 0.25) is 0 Å². The molecule has 0 aliphatic rings. The molecule has 0 saturated heterocycles. The first kappa shape index (κ1) is 10.7. The maximum atomic E-state index is 10.8. The van der Waals surface area contributed by atoms with Crippen LogP contribution in [-0.4, -0.2) is 11.1 Å². The standard InChI is InChI=1S/C13H9ClO2/c14-12-8-10(6-7-11(12)13(15)16)9-4-2-1-3-5-9/h1-8H,(H,15,16). The highest BCUT2D eigenvalue weighted by Crippen LogP contribution is 2.25. The van der Waals surface area contributed by atoms with E-state index in [-0.39, 0.29) is 10.6 Å². The van der Waals surface area contributed by atoms with E-state index in [1.807, 2.05) is 30.3 Å². The van der Waals surface area contributed by atoms with Crippen molar-refractivity contribution >= 4 is 17.6 Å². The highest BCUT2D eigenvalue weighted by atomic mass is 35.5. The summed E-state index contributed by atoms with van der Waals surface area (Å²) in [5.74, 6) is -1.01. The third kappa shape index (κ3) is 2.07. The van der Waals surface area contributed by atoms with Crippen LogP contribution >= 0.6 is 11.6 Å². The first-order valence-corrected chi connectivity index (χ1v) is 5.14. The SMILES string of the molecule is O=C(O)c1ccc(-c2ccccc2)cc1Cl. The molecule has 80 valence electrons. The van der Waals surface area contributed by atoms with Crippen molar-refractivity contribution in [1.29, 1.82) is 0 Å². The molecule has 2 nitrogen and oxygen atoms in total. The van der Waals surface area contributed by atoms with Crippen molar-refractivity contribution in [1.82, 2.24) is 0 Å². The van der Waals surface area contributed by atoms with Gasteiger partial charge < -0.3 is 5.11 Å². The summed E-state index contributed by atoms with van der Waals surface area (Å²) < 4.78 is 0. The summed E-state index contributed by atoms with van der Waals surface area (Å²) in [4.78, 5) is 10.8. The number of benzene rings is 2. The van der Waals surface area contributed by atoms with E-state index in [9.17, 15) is 4.79 Å². The fourth-order valence-electron chi connectivity index (χ4n) is 1.50. The second-order valence-corrected chi connectivity index (χ2v) is 3.77. The van der Waals surface area contributed by atoms with Crippen LogP contribution in [0, 0.1) is 0 Å². The number of carboxylic acids is 1. The summed E-state index contributed by atoms with van der Waals surface area (Å²) in [5.41, 5.74) is 2.05. The molecule has 2 aromatic rings. The van der Waals surface area contributed by atoms with E-state index in [0.717, 1.165) is 11.1 Å². The van der Waals surface area contributed by atoms with Crippen molar-refractivity contribution in [3.63, 3.8) is 0 Å². The maximum absolute atomic E-state index is 10.8. The Bertz CT molecular complexity index is 521. The van der Waals surface area contributed by atoms with Crippen LogP contribution in [0.1, 0.15) is 10.4 Å². The highest BCUT2D eigenvalue weighted by molar-refractivity contribution is 6.33. The van der Waals surface area contributed by atoms with Crippen LogP contribution in [0.3, 0.4) is 0 Å². The highest BCUT2D eigenvalue weighted by Gasteiger charge is 2.09. The van der Waals surface area contributed by atoms with E-state index in [1.54, 1.807) is 12.1 Å². The molecule has 0 saturated carbocycles. The normalized spacial score (nSPS) is 10.1. The van der Waals surface area contributed by atoms with Crippen molar-refractivity contribution in [2.45, 2.75) is 0 Å². The van der Waals surface area contributed by atoms with Crippen molar-refractivity contribution in [3.05, 3.63) is 59.1 Å². The van der Waals surface area contributed by atoms with Gasteiger partial charge in [-0.15, -0.1) is 0 Å². The zero-order valence-corrected chi connectivity index (χ0v) is 9.11. The van der Waals surface area contributed by atoms with Crippen molar-refractivity contribution in [3.8, 4) is 11.1 Å². The van der Waals surface area contributed by atoms with E-state index in [4.69, 9.17) is 16.7 Å². The van der Waals surface area contributed by atoms with Crippen LogP contribution < -0.4 is 0 Å². The van der Waals surface area contributed by atoms with Crippen molar-refractivity contribution in [2.75, 3.05) is 0 Å². The zero-order valence-electron chi connectivity index (χ0n) is 8.35. The van der Waals surface area contributed by atoms with Gasteiger partial charge >= 0.3 is 5.97 Å². The second kappa shape index (κ2) is 4.37. The van der Waals surface area contributed by atoms with Crippen LogP contribution in [0.15, 0.2) is 48.5 Å². The lowest BCUT2D eigenvalue weighted by Gasteiger charge is -2.04. The van der Waals surface area contributed by atoms with Gasteiger partial charge in [-0.2, -0.15) is 0 Å². The first-order valence-electron chi connectivity index (χ1n) is 4.77. The summed E-state index contributed by atoms with van der Waals surface area (Å²) in [5, 5.41) is 9.10. The van der Waals surface area contributed by atoms with E-state index >= 15 is 0 Å². The van der Waals surface area contributed by atoms with Gasteiger partial charge in [0.15, 0.2) is 0 Å². The number of hydrogen-bond donors (Lipinski definition) is 1. The second-order valence-electron chi connectivity index (χ2n) is 3.37. The Hall–Kier alpha value is -1.80. The lowest BCUT2D eigenvalue weighted by atomic mass is 10.0. The predicted molar refractivity (Wildman–Crippen MR) is 63.8 cm³/mol. The smallest absolute Gasteiger partial charge is 0.337 e. The van der Waals surface area contributed by atoms with Crippen LogP contribution in [0.5, 0.6) is 0 Å². The van der Waals surface area contributed by atoms with Gasteiger partial charge in [-0.1, -0.05) is 48.0 Å². The molecule has 0 unspecified atom stereocenters. The Labute approximate surface area is 98.1 Å². The first-order chi connectivity index (χ1) is 7.68. The zero-order chi connectivity index (χ0) is 11.5. The topological polar surface area (TPSA) is 37.3 Å². The minimum atomic E-state index is -1.01. The van der Waals surface area contributed by atoms with Gasteiger partial charge in [0.25, 0.3) is 0 Å². The lowest BCUT2D eigenvalue weighted by Crippen LogP contribution is -1.96. The molecular weight excluding hydrogens is 224 g/mol. The largest absolute Gasteiger partial charge is 0.478 e. The van der Waals surface area contributed by atoms with Gasteiger partial charge in [-0.25, -0.2) is 4.79 Å². The maximum Gasteiger partial charge on any atom is 0.337 e. The monoisotopic (exact) mass is 232 g/mol. The molecule has 0 bridgehead atoms. The molecule has 0 aliphatic heterocycles. The molecule has 0 atom stereocenters. The van der Waals surface area contributed by atoms with Crippen molar-refractivity contribution in [2.24, 2.45) is 0 Å². The van der Waals surface area contributed by atoms with Gasteiger partial charge in [-0.05, 0) is 23.3 Å². The van der Waals surface area contributed by atoms with E-state index in [1.165, 1.54) is 6.07 Å². The van der Waals surface area contributed by atoms with Crippen LogP contribution in [-0.2, 0) is 0 Å². The number of carboxylic acid groups (broad SMARTS) is 1. The van der Waals surface area contributed by atoms with Crippen LogP contribution in [0.4, 0.5) is 0 Å². The van der Waals surface area contributed by atoms with E-state index < -0.39 is 5.97 Å². The predicted octanol–water partition coefficient (Wildman–Crippen LogP) is 3.71. The number of halogens is 1. The molecule has 16 heavy (non-hydrogen) atoms. The van der Waals surface area contributed by atoms with Gasteiger partial charge in [-0.3, -0.25) is 0 Å². The molecule has 0 aromatic heterocycles. The number of aromatic carboxylic acids is 1. The summed E-state index contributed by atoms with van der Waals surface area (Å²) in [6, 6.07) is 14.6.